The Hall–Kier alpha value is -4.18. The van der Waals surface area contributed by atoms with Crippen LogP contribution in [-0.4, -0.2) is 40.6 Å². The minimum Gasteiger partial charge on any atom is -0.438 e. The van der Waals surface area contributed by atoms with Crippen LogP contribution in [0.15, 0.2) is 54.7 Å². The largest absolute Gasteiger partial charge is 0.438 e. The normalized spacial score (nSPS) is 10.8. The first-order chi connectivity index (χ1) is 15.6. The lowest BCUT2D eigenvalue weighted by Gasteiger charge is -2.13. The summed E-state index contributed by atoms with van der Waals surface area (Å²) < 4.78 is 11.1. The Morgan fingerprint density at radius 1 is 1.16 bits per heavy atom. The molecule has 2 aromatic heterocycles. The number of nitrogens with zero attached hydrogens (tertiary/aromatic N) is 3. The van der Waals surface area contributed by atoms with Gasteiger partial charge in [0.25, 0.3) is 5.69 Å². The third-order valence-corrected chi connectivity index (χ3v) is 4.83. The van der Waals surface area contributed by atoms with Crippen molar-refractivity contribution in [3.63, 3.8) is 0 Å². The molecule has 0 saturated heterocycles. The van der Waals surface area contributed by atoms with Gasteiger partial charge in [-0.3, -0.25) is 10.1 Å². The number of nitro groups is 1. The van der Waals surface area contributed by atoms with Gasteiger partial charge in [-0.25, -0.2) is 0 Å². The lowest BCUT2D eigenvalue weighted by Crippen LogP contribution is -2.03. The van der Waals surface area contributed by atoms with Crippen LogP contribution in [-0.2, 0) is 11.2 Å². The molecule has 0 aliphatic rings. The SMILES string of the molecule is CNc1ccc(Nc2nc(Oc3cccc([N+](=O)[O-])c3)c3cc[nH]c3n2)cc1CCOC. The van der Waals surface area contributed by atoms with Crippen LogP contribution in [0.2, 0.25) is 0 Å². The number of fused-ring (bicyclic) bond motifs is 1. The van der Waals surface area contributed by atoms with Crippen molar-refractivity contribution in [3.8, 4) is 11.6 Å². The highest BCUT2D eigenvalue weighted by molar-refractivity contribution is 5.82. The van der Waals surface area contributed by atoms with E-state index >= 15 is 0 Å². The van der Waals surface area contributed by atoms with E-state index in [0.717, 1.165) is 23.4 Å². The average Bonchev–Trinajstić information content (AvgIpc) is 3.27. The van der Waals surface area contributed by atoms with E-state index in [1.165, 1.54) is 12.1 Å². The van der Waals surface area contributed by atoms with Crippen molar-refractivity contribution in [2.24, 2.45) is 0 Å². The number of rotatable bonds is 9. The topological polar surface area (TPSA) is 127 Å². The van der Waals surface area contributed by atoms with Crippen molar-refractivity contribution in [3.05, 3.63) is 70.4 Å². The van der Waals surface area contributed by atoms with Crippen LogP contribution in [0.5, 0.6) is 11.6 Å². The maximum Gasteiger partial charge on any atom is 0.273 e. The smallest absolute Gasteiger partial charge is 0.273 e. The molecule has 0 aliphatic heterocycles. The second-order valence-electron chi connectivity index (χ2n) is 6.94. The predicted octanol–water partition coefficient (Wildman–Crippen LogP) is 4.63. The van der Waals surface area contributed by atoms with Gasteiger partial charge in [-0.1, -0.05) is 6.07 Å². The highest BCUT2D eigenvalue weighted by Crippen LogP contribution is 2.31. The molecule has 0 unspecified atom stereocenters. The molecule has 2 heterocycles. The molecule has 0 amide bonds. The summed E-state index contributed by atoms with van der Waals surface area (Å²) in [6.07, 6.45) is 2.48. The summed E-state index contributed by atoms with van der Waals surface area (Å²) in [5.74, 6) is 0.924. The number of hydrogen-bond acceptors (Lipinski definition) is 8. The molecule has 0 radical (unpaired) electrons. The van der Waals surface area contributed by atoms with E-state index in [2.05, 4.69) is 25.6 Å². The van der Waals surface area contributed by atoms with Gasteiger partial charge in [-0.05, 0) is 42.3 Å². The van der Waals surface area contributed by atoms with Crippen molar-refractivity contribution >= 4 is 34.0 Å². The van der Waals surface area contributed by atoms with Crippen molar-refractivity contribution in [2.45, 2.75) is 6.42 Å². The summed E-state index contributed by atoms with van der Waals surface area (Å²) in [6, 6.07) is 13.7. The molecule has 0 atom stereocenters. The lowest BCUT2D eigenvalue weighted by molar-refractivity contribution is -0.384. The molecule has 3 N–H and O–H groups in total. The predicted molar refractivity (Wildman–Crippen MR) is 122 cm³/mol. The first kappa shape index (κ1) is 21.1. The molecule has 4 aromatic rings. The van der Waals surface area contributed by atoms with Gasteiger partial charge in [-0.15, -0.1) is 0 Å². The van der Waals surface area contributed by atoms with Crippen LogP contribution in [0.4, 0.5) is 23.0 Å². The van der Waals surface area contributed by atoms with Crippen LogP contribution >= 0.6 is 0 Å². The highest BCUT2D eigenvalue weighted by atomic mass is 16.6. The van der Waals surface area contributed by atoms with Gasteiger partial charge in [0.05, 0.1) is 23.0 Å². The molecule has 0 saturated carbocycles. The number of methoxy groups -OCH3 is 1. The summed E-state index contributed by atoms with van der Waals surface area (Å²) in [4.78, 5) is 22.7. The second-order valence-corrected chi connectivity index (χ2v) is 6.94. The van der Waals surface area contributed by atoms with Gasteiger partial charge in [0.1, 0.15) is 11.4 Å². The van der Waals surface area contributed by atoms with Gasteiger partial charge < -0.3 is 25.1 Å². The zero-order valence-corrected chi connectivity index (χ0v) is 17.6. The number of benzene rings is 2. The number of aromatic amines is 1. The van der Waals surface area contributed by atoms with Gasteiger partial charge >= 0.3 is 0 Å². The van der Waals surface area contributed by atoms with Crippen LogP contribution in [0.25, 0.3) is 11.0 Å². The fraction of sp³-hybridized carbons (Fsp3) is 0.182. The van der Waals surface area contributed by atoms with E-state index < -0.39 is 4.92 Å². The van der Waals surface area contributed by atoms with Crippen LogP contribution in [0, 0.1) is 10.1 Å². The van der Waals surface area contributed by atoms with E-state index in [0.29, 0.717) is 29.3 Å². The number of nitrogens with one attached hydrogen (secondary N) is 3. The Balaban J connectivity index is 1.65. The maximum atomic E-state index is 11.1. The fourth-order valence-corrected chi connectivity index (χ4v) is 3.28. The molecule has 4 rings (SSSR count). The van der Waals surface area contributed by atoms with Gasteiger partial charge in [0.2, 0.25) is 11.8 Å². The molecule has 10 heteroatoms. The summed E-state index contributed by atoms with van der Waals surface area (Å²) in [7, 11) is 3.54. The minimum atomic E-state index is -0.471. The average molecular weight is 434 g/mol. The van der Waals surface area contributed by atoms with E-state index in [1.807, 2.05) is 25.2 Å². The molecule has 0 fully saturated rings. The van der Waals surface area contributed by atoms with E-state index in [4.69, 9.17) is 9.47 Å². The Kier molecular flexibility index (Phi) is 6.13. The number of nitro benzene ring substituents is 1. The van der Waals surface area contributed by atoms with Crippen LogP contribution < -0.4 is 15.4 Å². The molecule has 0 aliphatic carbocycles. The standard InChI is InChI=1S/C22H22N6O4/c1-23-19-7-6-15(12-14(19)9-11-31-2)25-22-26-20-18(8-10-24-20)21(27-22)32-17-5-3-4-16(13-17)28(29)30/h3-8,10,12-13,23H,9,11H2,1-2H3,(H2,24,25,26,27). The molecule has 164 valence electrons. The van der Waals surface area contributed by atoms with E-state index in [1.54, 1.807) is 31.5 Å². The van der Waals surface area contributed by atoms with E-state index in [9.17, 15) is 10.1 Å². The Labute approximate surface area is 183 Å². The molecule has 10 nitrogen and oxygen atoms in total. The number of ether oxygens (including phenoxy) is 2. The second kappa shape index (κ2) is 9.31. The molecule has 32 heavy (non-hydrogen) atoms. The molecule has 2 aromatic carbocycles. The molecule has 0 spiro atoms. The Morgan fingerprint density at radius 3 is 2.81 bits per heavy atom. The Bertz CT molecular complexity index is 1260. The summed E-state index contributed by atoms with van der Waals surface area (Å²) >= 11 is 0. The highest BCUT2D eigenvalue weighted by Gasteiger charge is 2.14. The van der Waals surface area contributed by atoms with Crippen LogP contribution in [0.1, 0.15) is 5.56 Å². The van der Waals surface area contributed by atoms with Crippen molar-refractivity contribution in [1.29, 1.82) is 0 Å². The maximum absolute atomic E-state index is 11.1. The van der Waals surface area contributed by atoms with E-state index in [-0.39, 0.29) is 11.6 Å². The molecular formula is C22H22N6O4. The van der Waals surface area contributed by atoms with Crippen molar-refractivity contribution in [2.75, 3.05) is 31.4 Å². The zero-order valence-electron chi connectivity index (χ0n) is 17.6. The third kappa shape index (κ3) is 4.60. The minimum absolute atomic E-state index is 0.0616. The number of anilines is 3. The first-order valence-corrected chi connectivity index (χ1v) is 9.91. The lowest BCUT2D eigenvalue weighted by atomic mass is 10.1. The van der Waals surface area contributed by atoms with Crippen molar-refractivity contribution in [1.82, 2.24) is 15.0 Å². The third-order valence-electron chi connectivity index (χ3n) is 4.83. The van der Waals surface area contributed by atoms with Gasteiger partial charge in [0, 0.05) is 37.8 Å². The zero-order chi connectivity index (χ0) is 22.5. The Morgan fingerprint density at radius 2 is 2.03 bits per heavy atom. The fourth-order valence-electron chi connectivity index (χ4n) is 3.28. The first-order valence-electron chi connectivity index (χ1n) is 9.91. The number of H-pyrrole nitrogens is 1. The number of non-ortho nitro benzene ring substituents is 1. The number of aromatic nitrogens is 3. The monoisotopic (exact) mass is 434 g/mol. The summed E-state index contributed by atoms with van der Waals surface area (Å²) in [6.45, 7) is 0.601. The molecule has 0 bridgehead atoms. The van der Waals surface area contributed by atoms with Gasteiger partial charge in [-0.2, -0.15) is 9.97 Å². The summed E-state index contributed by atoms with van der Waals surface area (Å²) in [5, 5.41) is 18.1. The van der Waals surface area contributed by atoms with Gasteiger partial charge in [0.15, 0.2) is 0 Å². The summed E-state index contributed by atoms with van der Waals surface area (Å²) in [5.41, 5.74) is 3.43. The number of hydrogen-bond donors (Lipinski definition) is 3. The van der Waals surface area contributed by atoms with Crippen molar-refractivity contribution < 1.29 is 14.4 Å². The quantitative estimate of drug-likeness (QED) is 0.257. The van der Waals surface area contributed by atoms with Crippen LogP contribution in [0.3, 0.4) is 0 Å². The molecular weight excluding hydrogens is 412 g/mol.